The number of hydrogen-bond acceptors (Lipinski definition) is 6. The molecule has 3 aromatic rings. The van der Waals surface area contributed by atoms with E-state index in [9.17, 15) is 9.59 Å². The number of methoxy groups -OCH3 is 1. The lowest BCUT2D eigenvalue weighted by Crippen LogP contribution is -2.56. The number of likely N-dealkylation sites (N-methyl/N-ethyl adjacent to an activating group) is 1. The molecule has 0 radical (unpaired) electrons. The van der Waals surface area contributed by atoms with E-state index in [0.717, 1.165) is 0 Å². The maximum absolute atomic E-state index is 13.3. The topological polar surface area (TPSA) is 87.9 Å². The van der Waals surface area contributed by atoms with Gasteiger partial charge in [0.2, 0.25) is 0 Å². The number of pyridine rings is 1. The van der Waals surface area contributed by atoms with Crippen LogP contribution in [0.3, 0.4) is 0 Å². The molecule has 3 heterocycles. The molecule has 10 heteroatoms. The van der Waals surface area contributed by atoms with Crippen LogP contribution in [-0.4, -0.2) is 65.9 Å². The zero-order valence-electron chi connectivity index (χ0n) is 18.7. The van der Waals surface area contributed by atoms with Crippen molar-refractivity contribution in [2.24, 2.45) is 0 Å². The van der Waals surface area contributed by atoms with E-state index in [1.807, 2.05) is 0 Å². The lowest BCUT2D eigenvalue weighted by molar-refractivity contribution is 0.0391. The molecule has 1 saturated heterocycles. The number of amides is 2. The number of aromatic nitrogens is 1. The first-order valence-electron chi connectivity index (χ1n) is 10.4. The lowest BCUT2D eigenvalue weighted by atomic mass is 10.1. The van der Waals surface area contributed by atoms with Gasteiger partial charge in [0.25, 0.3) is 11.8 Å². The van der Waals surface area contributed by atoms with Crippen molar-refractivity contribution >= 4 is 51.7 Å². The SMILES string of the molecule is COc1ccc(C(=O)Nc2c(Cl)cncc2Cl)c2cc(C(=O)N3CC(C)N(C)C(C)C3)oc12. The minimum Gasteiger partial charge on any atom is -0.493 e. The van der Waals surface area contributed by atoms with Gasteiger partial charge in [-0.25, -0.2) is 0 Å². The van der Waals surface area contributed by atoms with E-state index in [0.29, 0.717) is 29.8 Å². The molecule has 4 rings (SSSR count). The van der Waals surface area contributed by atoms with E-state index in [-0.39, 0.29) is 45.0 Å². The summed E-state index contributed by atoms with van der Waals surface area (Å²) in [6.07, 6.45) is 2.78. The van der Waals surface area contributed by atoms with Gasteiger partial charge in [0, 0.05) is 43.0 Å². The molecular weight excluding hydrogens is 467 g/mol. The summed E-state index contributed by atoms with van der Waals surface area (Å²) < 4.78 is 11.3. The van der Waals surface area contributed by atoms with Gasteiger partial charge < -0.3 is 19.4 Å². The van der Waals surface area contributed by atoms with Crippen LogP contribution in [0.2, 0.25) is 10.0 Å². The van der Waals surface area contributed by atoms with Gasteiger partial charge in [-0.1, -0.05) is 23.2 Å². The van der Waals surface area contributed by atoms with Crippen LogP contribution in [0.1, 0.15) is 34.8 Å². The quantitative estimate of drug-likeness (QED) is 0.576. The highest BCUT2D eigenvalue weighted by Crippen LogP contribution is 2.34. The van der Waals surface area contributed by atoms with E-state index >= 15 is 0 Å². The average Bonchev–Trinajstić information content (AvgIpc) is 3.23. The molecule has 1 aromatic carbocycles. The van der Waals surface area contributed by atoms with Crippen LogP contribution >= 0.6 is 23.2 Å². The van der Waals surface area contributed by atoms with Gasteiger partial charge in [-0.3, -0.25) is 19.5 Å². The average molecular weight is 491 g/mol. The van der Waals surface area contributed by atoms with Crippen molar-refractivity contribution in [3.05, 3.63) is 52.0 Å². The summed E-state index contributed by atoms with van der Waals surface area (Å²) in [7, 11) is 3.55. The second kappa shape index (κ2) is 9.21. The maximum atomic E-state index is 13.3. The number of rotatable bonds is 4. The Labute approximate surface area is 201 Å². The number of fused-ring (bicyclic) bond motifs is 1. The van der Waals surface area contributed by atoms with E-state index in [4.69, 9.17) is 32.4 Å². The fraction of sp³-hybridized carbons (Fsp3) is 0.348. The van der Waals surface area contributed by atoms with Gasteiger partial charge in [-0.05, 0) is 39.1 Å². The smallest absolute Gasteiger partial charge is 0.289 e. The molecular formula is C23H24Cl2N4O4. The normalized spacial score (nSPS) is 19.0. The predicted octanol–water partition coefficient (Wildman–Crippen LogP) is 4.56. The minimum absolute atomic E-state index is 0.146. The number of halogens is 2. The van der Waals surface area contributed by atoms with Gasteiger partial charge in [0.15, 0.2) is 17.1 Å². The molecule has 1 aliphatic rings. The number of benzene rings is 1. The number of furan rings is 1. The van der Waals surface area contributed by atoms with Gasteiger partial charge >= 0.3 is 0 Å². The Balaban J connectivity index is 1.70. The fourth-order valence-corrected chi connectivity index (χ4v) is 4.46. The molecule has 2 aromatic heterocycles. The number of carbonyl (C=O) groups excluding carboxylic acids is 2. The molecule has 2 amide bonds. The van der Waals surface area contributed by atoms with Crippen LogP contribution in [0, 0.1) is 0 Å². The second-order valence-corrected chi connectivity index (χ2v) is 8.99. The highest BCUT2D eigenvalue weighted by Gasteiger charge is 2.32. The number of ether oxygens (including phenoxy) is 1. The maximum Gasteiger partial charge on any atom is 0.289 e. The van der Waals surface area contributed by atoms with E-state index < -0.39 is 5.91 Å². The second-order valence-electron chi connectivity index (χ2n) is 8.17. The third-order valence-corrected chi connectivity index (χ3v) is 6.63. The summed E-state index contributed by atoms with van der Waals surface area (Å²) in [5, 5.41) is 3.59. The zero-order valence-corrected chi connectivity index (χ0v) is 20.2. The predicted molar refractivity (Wildman–Crippen MR) is 128 cm³/mol. The Bertz CT molecular complexity index is 1200. The molecule has 0 saturated carbocycles. The third-order valence-electron chi connectivity index (χ3n) is 6.06. The van der Waals surface area contributed by atoms with Crippen molar-refractivity contribution in [3.8, 4) is 5.75 Å². The molecule has 174 valence electrons. The number of anilines is 1. The minimum atomic E-state index is -0.459. The number of piperazine rings is 1. The first-order valence-corrected chi connectivity index (χ1v) is 11.2. The third kappa shape index (κ3) is 4.38. The zero-order chi connectivity index (χ0) is 23.9. The van der Waals surface area contributed by atoms with Gasteiger partial charge in [0.1, 0.15) is 0 Å². The van der Waals surface area contributed by atoms with Crippen molar-refractivity contribution in [3.63, 3.8) is 0 Å². The van der Waals surface area contributed by atoms with Crippen LogP contribution in [-0.2, 0) is 0 Å². The largest absolute Gasteiger partial charge is 0.493 e. The van der Waals surface area contributed by atoms with E-state index in [1.54, 1.807) is 23.1 Å². The number of nitrogens with one attached hydrogen (secondary N) is 1. The monoisotopic (exact) mass is 490 g/mol. The first kappa shape index (κ1) is 23.4. The summed E-state index contributed by atoms with van der Waals surface area (Å²) in [5.41, 5.74) is 0.857. The Morgan fingerprint density at radius 2 is 1.79 bits per heavy atom. The Morgan fingerprint density at radius 1 is 1.15 bits per heavy atom. The molecule has 0 aliphatic carbocycles. The van der Waals surface area contributed by atoms with Crippen molar-refractivity contribution in [2.45, 2.75) is 25.9 Å². The molecule has 1 N–H and O–H groups in total. The summed E-state index contributed by atoms with van der Waals surface area (Å²) in [6.45, 7) is 5.32. The molecule has 1 fully saturated rings. The van der Waals surface area contributed by atoms with Gasteiger partial charge in [-0.15, -0.1) is 0 Å². The van der Waals surface area contributed by atoms with Crippen molar-refractivity contribution in [2.75, 3.05) is 32.6 Å². The van der Waals surface area contributed by atoms with Crippen molar-refractivity contribution in [1.29, 1.82) is 0 Å². The van der Waals surface area contributed by atoms with Gasteiger partial charge in [0.05, 0.1) is 28.4 Å². The van der Waals surface area contributed by atoms with Crippen LogP contribution in [0.15, 0.2) is 35.0 Å². The number of hydrogen-bond donors (Lipinski definition) is 1. The highest BCUT2D eigenvalue weighted by molar-refractivity contribution is 6.39. The van der Waals surface area contributed by atoms with Crippen LogP contribution in [0.5, 0.6) is 5.75 Å². The molecule has 0 bridgehead atoms. The summed E-state index contributed by atoms with van der Waals surface area (Å²) in [4.78, 5) is 34.3. The van der Waals surface area contributed by atoms with Crippen molar-refractivity contribution < 1.29 is 18.7 Å². The first-order chi connectivity index (χ1) is 15.7. The fourth-order valence-electron chi connectivity index (χ4n) is 4.00. The summed E-state index contributed by atoms with van der Waals surface area (Å²) in [5.74, 6) is -0.126. The number of carbonyl (C=O) groups is 2. The molecule has 2 atom stereocenters. The molecule has 8 nitrogen and oxygen atoms in total. The standard InChI is InChI=1S/C23H24Cl2N4O4/c1-12-10-29(11-13(2)28(12)3)23(31)19-7-15-14(5-6-18(32-4)21(15)33-19)22(30)27-20-16(24)8-26-9-17(20)25/h5-9,12-13H,10-11H2,1-4H3,(H,26,27,30). The van der Waals surface area contributed by atoms with Crippen LogP contribution in [0.4, 0.5) is 5.69 Å². The highest BCUT2D eigenvalue weighted by atomic mass is 35.5. The Kier molecular flexibility index (Phi) is 6.52. The molecule has 1 aliphatic heterocycles. The van der Waals surface area contributed by atoms with E-state index in [2.05, 4.69) is 36.1 Å². The summed E-state index contributed by atoms with van der Waals surface area (Å²) in [6, 6.07) is 5.23. The van der Waals surface area contributed by atoms with Crippen LogP contribution < -0.4 is 10.1 Å². The van der Waals surface area contributed by atoms with E-state index in [1.165, 1.54) is 19.5 Å². The molecule has 2 unspecified atom stereocenters. The Morgan fingerprint density at radius 3 is 2.39 bits per heavy atom. The molecule has 0 spiro atoms. The lowest BCUT2D eigenvalue weighted by Gasteiger charge is -2.42. The van der Waals surface area contributed by atoms with Crippen molar-refractivity contribution in [1.82, 2.24) is 14.8 Å². The Hall–Kier alpha value is -2.81. The number of nitrogens with zero attached hydrogens (tertiary/aromatic N) is 3. The van der Waals surface area contributed by atoms with Crippen LogP contribution in [0.25, 0.3) is 11.0 Å². The molecule has 33 heavy (non-hydrogen) atoms. The summed E-state index contributed by atoms with van der Waals surface area (Å²) >= 11 is 12.3. The van der Waals surface area contributed by atoms with Gasteiger partial charge in [-0.2, -0.15) is 0 Å².